The highest BCUT2D eigenvalue weighted by Gasteiger charge is 2.24. The lowest BCUT2D eigenvalue weighted by atomic mass is 10.2. The van der Waals surface area contributed by atoms with E-state index in [4.69, 9.17) is 9.47 Å². The van der Waals surface area contributed by atoms with E-state index in [9.17, 15) is 4.79 Å². The number of halogens is 1. The van der Waals surface area contributed by atoms with E-state index in [-0.39, 0.29) is 6.04 Å². The molecule has 0 unspecified atom stereocenters. The lowest BCUT2D eigenvalue weighted by Gasteiger charge is -2.23. The molecule has 1 atom stereocenters. The van der Waals surface area contributed by atoms with Gasteiger partial charge in [0.25, 0.3) is 0 Å². The Morgan fingerprint density at radius 2 is 2.12 bits per heavy atom. The summed E-state index contributed by atoms with van der Waals surface area (Å²) >= 11 is 3.48. The van der Waals surface area contributed by atoms with E-state index in [1.54, 1.807) is 7.11 Å². The van der Waals surface area contributed by atoms with Crippen LogP contribution < -0.4 is 5.32 Å². The van der Waals surface area contributed by atoms with Crippen LogP contribution in [0.4, 0.5) is 4.79 Å². The number of nitrogens with one attached hydrogen (secondary N) is 1. The van der Waals surface area contributed by atoms with E-state index in [1.165, 1.54) is 0 Å². The molecule has 0 aliphatic heterocycles. The van der Waals surface area contributed by atoms with Crippen LogP contribution >= 0.6 is 15.9 Å². The fourth-order valence-electron chi connectivity index (χ4n) is 2.44. The van der Waals surface area contributed by atoms with Crippen LogP contribution in [-0.4, -0.2) is 28.4 Å². The minimum Gasteiger partial charge on any atom is -0.444 e. The van der Waals surface area contributed by atoms with Crippen LogP contribution in [0, 0.1) is 0 Å². The maximum atomic E-state index is 12.1. The monoisotopic (exact) mass is 397 g/mol. The van der Waals surface area contributed by atoms with Crippen LogP contribution in [0.5, 0.6) is 0 Å². The van der Waals surface area contributed by atoms with Crippen LogP contribution in [0.25, 0.3) is 11.0 Å². The van der Waals surface area contributed by atoms with Crippen molar-refractivity contribution in [3.8, 4) is 0 Å². The van der Waals surface area contributed by atoms with Crippen LogP contribution in [0.2, 0.25) is 0 Å². The molecule has 0 spiro atoms. The zero-order valence-electron chi connectivity index (χ0n) is 14.7. The largest absolute Gasteiger partial charge is 0.444 e. The smallest absolute Gasteiger partial charge is 0.408 e. The molecule has 0 radical (unpaired) electrons. The van der Waals surface area contributed by atoms with Crippen LogP contribution in [0.3, 0.4) is 0 Å². The normalized spacial score (nSPS) is 13.1. The molecule has 0 aliphatic carbocycles. The lowest BCUT2D eigenvalue weighted by Crippen LogP contribution is -2.35. The number of fused-ring (bicyclic) bond motifs is 1. The Bertz CT molecular complexity index is 722. The summed E-state index contributed by atoms with van der Waals surface area (Å²) in [4.78, 5) is 16.8. The number of aromatic nitrogens is 2. The summed E-state index contributed by atoms with van der Waals surface area (Å²) in [7, 11) is 1.63. The Hall–Kier alpha value is -1.60. The first-order valence-electron chi connectivity index (χ1n) is 7.89. The van der Waals surface area contributed by atoms with Gasteiger partial charge < -0.3 is 19.4 Å². The van der Waals surface area contributed by atoms with Crippen molar-refractivity contribution in [1.29, 1.82) is 0 Å². The molecule has 0 saturated heterocycles. The molecule has 0 bridgehead atoms. The van der Waals surface area contributed by atoms with Gasteiger partial charge in [-0.1, -0.05) is 22.9 Å². The van der Waals surface area contributed by atoms with Gasteiger partial charge in [0.15, 0.2) is 0 Å². The molecule has 6 nitrogen and oxygen atoms in total. The maximum Gasteiger partial charge on any atom is 0.408 e. The Morgan fingerprint density at radius 1 is 1.42 bits per heavy atom. The quantitative estimate of drug-likeness (QED) is 0.812. The van der Waals surface area contributed by atoms with E-state index >= 15 is 0 Å². The second kappa shape index (κ2) is 7.53. The fourth-order valence-corrected chi connectivity index (χ4v) is 2.79. The molecule has 2 aromatic rings. The number of hydrogen-bond acceptors (Lipinski definition) is 4. The van der Waals surface area contributed by atoms with E-state index in [0.29, 0.717) is 13.2 Å². The van der Waals surface area contributed by atoms with E-state index in [2.05, 4.69) is 26.2 Å². The van der Waals surface area contributed by atoms with Crippen LogP contribution in [0.1, 0.15) is 46.0 Å². The van der Waals surface area contributed by atoms with Gasteiger partial charge in [0, 0.05) is 11.6 Å². The molecule has 7 heteroatoms. The summed E-state index contributed by atoms with van der Waals surface area (Å²) in [5.74, 6) is 0.748. The van der Waals surface area contributed by atoms with Crippen molar-refractivity contribution in [2.24, 2.45) is 0 Å². The van der Waals surface area contributed by atoms with E-state index in [1.807, 2.05) is 50.5 Å². The van der Waals surface area contributed by atoms with E-state index in [0.717, 1.165) is 21.3 Å². The summed E-state index contributed by atoms with van der Waals surface area (Å²) in [5.41, 5.74) is 1.26. The van der Waals surface area contributed by atoms with Gasteiger partial charge in [0.05, 0.1) is 17.1 Å². The third-order valence-corrected chi connectivity index (χ3v) is 3.90. The molecular formula is C17H24BrN3O3. The number of ether oxygens (including phenoxy) is 2. The summed E-state index contributed by atoms with van der Waals surface area (Å²) in [6.07, 6.45) is 0.236. The number of hydrogen-bond donors (Lipinski definition) is 1. The molecule has 1 aromatic carbocycles. The molecule has 24 heavy (non-hydrogen) atoms. The minimum absolute atomic E-state index is 0.263. The van der Waals surface area contributed by atoms with Gasteiger partial charge >= 0.3 is 6.09 Å². The van der Waals surface area contributed by atoms with Crippen molar-refractivity contribution in [3.63, 3.8) is 0 Å². The molecule has 1 N–H and O–H groups in total. The zero-order chi connectivity index (χ0) is 17.9. The van der Waals surface area contributed by atoms with Crippen LogP contribution in [0.15, 0.2) is 22.7 Å². The van der Waals surface area contributed by atoms with Gasteiger partial charge in [0.2, 0.25) is 0 Å². The topological polar surface area (TPSA) is 65.4 Å². The number of methoxy groups -OCH3 is 1. The zero-order valence-corrected chi connectivity index (χ0v) is 16.3. The maximum absolute atomic E-state index is 12.1. The van der Waals surface area contributed by atoms with Gasteiger partial charge in [-0.3, -0.25) is 0 Å². The predicted molar refractivity (Wildman–Crippen MR) is 96.8 cm³/mol. The SMILES string of the molecule is CC[C@H](NC(=O)OC(C)(C)C)c1nc2ccc(Br)cc2n1COC. The van der Waals surface area contributed by atoms with Gasteiger partial charge in [0.1, 0.15) is 18.2 Å². The second-order valence-corrected chi connectivity index (χ2v) is 7.47. The van der Waals surface area contributed by atoms with Crippen molar-refractivity contribution in [1.82, 2.24) is 14.9 Å². The molecule has 1 amide bonds. The average molecular weight is 398 g/mol. The van der Waals surface area contributed by atoms with Gasteiger partial charge in [-0.25, -0.2) is 9.78 Å². The summed E-state index contributed by atoms with van der Waals surface area (Å²) in [6.45, 7) is 7.87. The molecule has 0 saturated carbocycles. The third kappa shape index (κ3) is 4.48. The average Bonchev–Trinajstić information content (AvgIpc) is 2.81. The highest BCUT2D eigenvalue weighted by atomic mass is 79.9. The van der Waals surface area contributed by atoms with Crippen molar-refractivity contribution >= 4 is 33.1 Å². The van der Waals surface area contributed by atoms with Crippen molar-refractivity contribution < 1.29 is 14.3 Å². The lowest BCUT2D eigenvalue weighted by molar-refractivity contribution is 0.0495. The number of benzene rings is 1. The van der Waals surface area contributed by atoms with Crippen molar-refractivity contribution in [2.45, 2.75) is 52.5 Å². The molecule has 2 rings (SSSR count). The molecule has 0 fully saturated rings. The van der Waals surface area contributed by atoms with Crippen molar-refractivity contribution in [3.05, 3.63) is 28.5 Å². The van der Waals surface area contributed by atoms with E-state index < -0.39 is 11.7 Å². The predicted octanol–water partition coefficient (Wildman–Crippen LogP) is 4.38. The third-order valence-electron chi connectivity index (χ3n) is 3.41. The first-order valence-corrected chi connectivity index (χ1v) is 8.68. The number of amides is 1. The number of rotatable bonds is 5. The first-order chi connectivity index (χ1) is 11.2. The number of carbonyl (C=O) groups is 1. The standard InChI is InChI=1S/C17H24BrN3O3/c1-6-12(20-16(22)24-17(2,3)4)15-19-13-8-7-11(18)9-14(13)21(15)10-23-5/h7-9,12H,6,10H2,1-5H3,(H,20,22)/t12-/m0/s1. The molecule has 1 heterocycles. The fraction of sp³-hybridized carbons (Fsp3) is 0.529. The summed E-state index contributed by atoms with van der Waals surface area (Å²) in [6, 6.07) is 5.61. The minimum atomic E-state index is -0.542. The Morgan fingerprint density at radius 3 is 2.71 bits per heavy atom. The highest BCUT2D eigenvalue weighted by molar-refractivity contribution is 9.10. The number of alkyl carbamates (subject to hydrolysis) is 1. The Labute approximate surface area is 150 Å². The number of nitrogens with zero attached hydrogens (tertiary/aromatic N) is 2. The molecule has 0 aliphatic rings. The number of carbonyl (C=O) groups excluding carboxylic acids is 1. The van der Waals surface area contributed by atoms with Crippen molar-refractivity contribution in [2.75, 3.05) is 7.11 Å². The first kappa shape index (κ1) is 18.7. The van der Waals surface area contributed by atoms with Crippen LogP contribution in [-0.2, 0) is 16.2 Å². The Kier molecular flexibility index (Phi) is 5.87. The summed E-state index contributed by atoms with van der Waals surface area (Å²) in [5, 5.41) is 2.90. The van der Waals surface area contributed by atoms with Gasteiger partial charge in [-0.05, 0) is 45.4 Å². The van der Waals surface area contributed by atoms with Gasteiger partial charge in [-0.15, -0.1) is 0 Å². The molecular weight excluding hydrogens is 374 g/mol. The Balaban J connectivity index is 2.36. The molecule has 132 valence electrons. The summed E-state index contributed by atoms with van der Waals surface area (Å²) < 4.78 is 13.6. The number of imidazole rings is 1. The highest BCUT2D eigenvalue weighted by Crippen LogP contribution is 2.26. The van der Waals surface area contributed by atoms with Gasteiger partial charge in [-0.2, -0.15) is 0 Å². The second-order valence-electron chi connectivity index (χ2n) is 6.56. The molecule has 1 aromatic heterocycles.